The normalized spacial score (nSPS) is 27.5. The molecule has 0 aromatic heterocycles. The molecular formula is C30H38N2O5. The number of likely N-dealkylation sites (tertiary alicyclic amines) is 1. The molecule has 3 aliphatic rings. The van der Waals surface area contributed by atoms with Crippen LogP contribution in [0.15, 0.2) is 48.5 Å². The maximum atomic E-state index is 13.2. The molecule has 3 N–H and O–H groups in total. The Morgan fingerprint density at radius 1 is 1.03 bits per heavy atom. The van der Waals surface area contributed by atoms with Crippen molar-refractivity contribution in [3.05, 3.63) is 59.7 Å². The number of hydrogen-bond donors (Lipinski definition) is 2. The summed E-state index contributed by atoms with van der Waals surface area (Å²) in [6, 6.07) is 14.7. The van der Waals surface area contributed by atoms with Gasteiger partial charge in [-0.05, 0) is 93.7 Å². The molecule has 2 aromatic carbocycles. The Labute approximate surface area is 218 Å². The fourth-order valence-electron chi connectivity index (χ4n) is 6.15. The molecular weight excluding hydrogens is 468 g/mol. The molecule has 7 heteroatoms. The lowest BCUT2D eigenvalue weighted by Gasteiger charge is -2.39. The van der Waals surface area contributed by atoms with Crippen LogP contribution in [-0.2, 0) is 9.47 Å². The van der Waals surface area contributed by atoms with Crippen LogP contribution in [0.1, 0.15) is 73.6 Å². The van der Waals surface area contributed by atoms with Crippen LogP contribution in [0.2, 0.25) is 0 Å². The van der Waals surface area contributed by atoms with Gasteiger partial charge in [0.15, 0.2) is 0 Å². The molecule has 3 fully saturated rings. The van der Waals surface area contributed by atoms with Crippen LogP contribution >= 0.6 is 0 Å². The van der Waals surface area contributed by atoms with Gasteiger partial charge >= 0.3 is 0 Å². The number of nitrogens with zero attached hydrogens (tertiary/aromatic N) is 1. The Bertz CT molecular complexity index is 1160. The minimum Gasteiger partial charge on any atom is -0.388 e. The molecule has 0 radical (unpaired) electrons. The summed E-state index contributed by atoms with van der Waals surface area (Å²) in [4.78, 5) is 26.7. The van der Waals surface area contributed by atoms with E-state index in [0.29, 0.717) is 30.8 Å². The van der Waals surface area contributed by atoms with Crippen LogP contribution in [0, 0.1) is 5.41 Å². The third-order valence-corrected chi connectivity index (χ3v) is 8.72. The lowest BCUT2D eigenvalue weighted by molar-refractivity contribution is -0.155. The van der Waals surface area contributed by atoms with Gasteiger partial charge in [0.05, 0.1) is 30.0 Å². The van der Waals surface area contributed by atoms with Crippen molar-refractivity contribution in [1.82, 2.24) is 4.90 Å². The summed E-state index contributed by atoms with van der Waals surface area (Å²) < 4.78 is 12.7. The first-order valence-electron chi connectivity index (χ1n) is 13.3. The molecule has 198 valence electrons. The van der Waals surface area contributed by atoms with Crippen molar-refractivity contribution in [2.75, 3.05) is 19.7 Å². The predicted molar refractivity (Wildman–Crippen MR) is 141 cm³/mol. The molecule has 3 atom stereocenters. The summed E-state index contributed by atoms with van der Waals surface area (Å²) in [5.74, 6) is -0.416. The molecule has 7 nitrogen and oxygen atoms in total. The number of primary amides is 1. The Kier molecular flexibility index (Phi) is 6.67. The van der Waals surface area contributed by atoms with Crippen molar-refractivity contribution >= 4 is 11.8 Å². The van der Waals surface area contributed by atoms with E-state index in [1.165, 1.54) is 0 Å². The summed E-state index contributed by atoms with van der Waals surface area (Å²) in [6.45, 7) is 7.85. The zero-order valence-electron chi connectivity index (χ0n) is 22.0. The van der Waals surface area contributed by atoms with Crippen LogP contribution in [0.25, 0.3) is 11.1 Å². The predicted octanol–water partition coefficient (Wildman–Crippen LogP) is 4.17. The second-order valence-corrected chi connectivity index (χ2v) is 11.9. The highest BCUT2D eigenvalue weighted by molar-refractivity contribution is 5.95. The average Bonchev–Trinajstić information content (AvgIpc) is 3.50. The molecule has 3 aliphatic heterocycles. The molecule has 2 amide bonds. The number of nitrogens with two attached hydrogens (primary N) is 1. The third kappa shape index (κ3) is 5.17. The van der Waals surface area contributed by atoms with Crippen LogP contribution in [0.4, 0.5) is 0 Å². The molecule has 0 saturated carbocycles. The Morgan fingerprint density at radius 2 is 1.73 bits per heavy atom. The Balaban J connectivity index is 1.18. The number of carbonyl (C=O) groups is 2. The highest BCUT2D eigenvalue weighted by Crippen LogP contribution is 2.49. The van der Waals surface area contributed by atoms with Gasteiger partial charge in [0, 0.05) is 24.2 Å². The highest BCUT2D eigenvalue weighted by Gasteiger charge is 2.53. The summed E-state index contributed by atoms with van der Waals surface area (Å²) in [5.41, 5.74) is 7.20. The molecule has 5 rings (SSSR count). The van der Waals surface area contributed by atoms with Gasteiger partial charge in [-0.2, -0.15) is 0 Å². The topological polar surface area (TPSA) is 102 Å². The molecule has 0 unspecified atom stereocenters. The first-order chi connectivity index (χ1) is 17.5. The first kappa shape index (κ1) is 25.9. The monoisotopic (exact) mass is 506 g/mol. The van der Waals surface area contributed by atoms with E-state index >= 15 is 0 Å². The lowest BCUT2D eigenvalue weighted by Crippen LogP contribution is -2.45. The summed E-state index contributed by atoms with van der Waals surface area (Å²) in [5, 5.41) is 10.4. The van der Waals surface area contributed by atoms with Gasteiger partial charge in [0.2, 0.25) is 5.91 Å². The quantitative estimate of drug-likeness (QED) is 0.634. The number of aliphatic hydroxyl groups is 1. The number of benzene rings is 2. The molecule has 3 saturated heterocycles. The molecule has 2 aromatic rings. The fourth-order valence-corrected chi connectivity index (χ4v) is 6.15. The minimum absolute atomic E-state index is 0.0164. The number of amides is 2. The molecule has 0 bridgehead atoms. The SMILES string of the molecule is CC(C)(O)[C@@H]1CC[C@](C)([C@H]2CC3(CCN(C(=O)c4ccc(-c5cccc(C(N)=O)c5)cc4)CC3)CO2)O1. The summed E-state index contributed by atoms with van der Waals surface area (Å²) in [7, 11) is 0. The maximum Gasteiger partial charge on any atom is 0.253 e. The van der Waals surface area contributed by atoms with E-state index in [1.807, 2.05) is 49.1 Å². The van der Waals surface area contributed by atoms with Crippen molar-refractivity contribution in [2.24, 2.45) is 11.1 Å². The van der Waals surface area contributed by atoms with E-state index in [0.717, 1.165) is 43.2 Å². The molecule has 37 heavy (non-hydrogen) atoms. The minimum atomic E-state index is -0.856. The number of piperidine rings is 1. The highest BCUT2D eigenvalue weighted by atomic mass is 16.6. The van der Waals surface area contributed by atoms with Gasteiger partial charge in [0.1, 0.15) is 0 Å². The molecule has 3 heterocycles. The molecule has 0 aliphatic carbocycles. The van der Waals surface area contributed by atoms with Crippen molar-refractivity contribution in [3.8, 4) is 11.1 Å². The van der Waals surface area contributed by atoms with Gasteiger partial charge in [-0.1, -0.05) is 24.3 Å². The van der Waals surface area contributed by atoms with Crippen LogP contribution in [0.3, 0.4) is 0 Å². The first-order valence-corrected chi connectivity index (χ1v) is 13.3. The lowest BCUT2D eigenvalue weighted by atomic mass is 9.74. The Hall–Kier alpha value is -2.74. The van der Waals surface area contributed by atoms with Crippen molar-refractivity contribution in [3.63, 3.8) is 0 Å². The number of ether oxygens (including phenoxy) is 2. The van der Waals surface area contributed by atoms with Crippen LogP contribution in [-0.4, -0.2) is 64.9 Å². The van der Waals surface area contributed by atoms with Crippen molar-refractivity contribution in [2.45, 2.75) is 76.3 Å². The number of rotatable bonds is 5. The van der Waals surface area contributed by atoms with Crippen LogP contribution < -0.4 is 5.73 Å². The van der Waals surface area contributed by atoms with E-state index in [9.17, 15) is 14.7 Å². The van der Waals surface area contributed by atoms with E-state index in [-0.39, 0.29) is 29.1 Å². The molecule has 1 spiro atoms. The summed E-state index contributed by atoms with van der Waals surface area (Å²) >= 11 is 0. The van der Waals surface area contributed by atoms with E-state index in [2.05, 4.69) is 6.92 Å². The van der Waals surface area contributed by atoms with Gasteiger partial charge < -0.3 is 25.2 Å². The fraction of sp³-hybridized carbons (Fsp3) is 0.533. The largest absolute Gasteiger partial charge is 0.388 e. The zero-order chi connectivity index (χ0) is 26.4. The van der Waals surface area contributed by atoms with Crippen molar-refractivity contribution < 1.29 is 24.2 Å². The zero-order valence-corrected chi connectivity index (χ0v) is 22.0. The van der Waals surface area contributed by atoms with E-state index in [4.69, 9.17) is 15.2 Å². The summed E-state index contributed by atoms with van der Waals surface area (Å²) in [6.07, 6.45) is 4.33. The van der Waals surface area contributed by atoms with Crippen molar-refractivity contribution in [1.29, 1.82) is 0 Å². The number of hydrogen-bond acceptors (Lipinski definition) is 5. The van der Waals surface area contributed by atoms with Crippen LogP contribution in [0.5, 0.6) is 0 Å². The van der Waals surface area contributed by atoms with Gasteiger partial charge in [-0.3, -0.25) is 9.59 Å². The van der Waals surface area contributed by atoms with Gasteiger partial charge in [0.25, 0.3) is 5.91 Å². The number of carbonyl (C=O) groups excluding carboxylic acids is 2. The van der Waals surface area contributed by atoms with Gasteiger partial charge in [-0.15, -0.1) is 0 Å². The third-order valence-electron chi connectivity index (χ3n) is 8.72. The van der Waals surface area contributed by atoms with E-state index in [1.54, 1.807) is 18.2 Å². The van der Waals surface area contributed by atoms with Gasteiger partial charge in [-0.25, -0.2) is 0 Å². The Morgan fingerprint density at radius 3 is 2.35 bits per heavy atom. The van der Waals surface area contributed by atoms with E-state index < -0.39 is 11.5 Å². The second-order valence-electron chi connectivity index (χ2n) is 11.9. The smallest absolute Gasteiger partial charge is 0.253 e. The second kappa shape index (κ2) is 9.53. The standard InChI is InChI=1S/C30H38N2O5/c1-28(2,35)24-11-12-29(3,37-24)25-18-30(19-36-25)13-15-32(16-14-30)27(34)21-9-7-20(8-10-21)22-5-4-6-23(17-22)26(31)33/h4-10,17,24-25,35H,11-16,18-19H2,1-3H3,(H2,31,33)/t24-,25+,29+/m0/s1. The maximum absolute atomic E-state index is 13.2. The average molecular weight is 507 g/mol.